The third-order valence-electron chi connectivity index (χ3n) is 3.58. The highest BCUT2D eigenvalue weighted by molar-refractivity contribution is 9.10. The number of benzene rings is 2. The Hall–Kier alpha value is -2.32. The molecule has 3 aromatic rings. The molecule has 3 nitrogen and oxygen atoms in total. The lowest BCUT2D eigenvalue weighted by Gasteiger charge is -2.06. The first-order valence-electron chi connectivity index (χ1n) is 7.59. The van der Waals surface area contributed by atoms with Crippen molar-refractivity contribution in [1.82, 2.24) is 4.98 Å². The molecule has 0 aliphatic rings. The van der Waals surface area contributed by atoms with Crippen molar-refractivity contribution < 1.29 is 23.1 Å². The van der Waals surface area contributed by atoms with Gasteiger partial charge in [0.25, 0.3) is 0 Å². The van der Waals surface area contributed by atoms with Crippen LogP contribution in [-0.4, -0.2) is 21.6 Å². The molecule has 8 heteroatoms. The molecule has 0 radical (unpaired) electrons. The van der Waals surface area contributed by atoms with Crippen LogP contribution in [0.1, 0.15) is 21.6 Å². The summed E-state index contributed by atoms with van der Waals surface area (Å²) in [6, 6.07) is 12.5. The highest BCUT2D eigenvalue weighted by Crippen LogP contribution is 2.36. The molecule has 3 rings (SSSR count). The number of halogens is 4. The fourth-order valence-corrected chi connectivity index (χ4v) is 3.34. The van der Waals surface area contributed by atoms with Crippen LogP contribution in [0.15, 0.2) is 57.9 Å². The highest BCUT2D eigenvalue weighted by Gasteiger charge is 2.28. The van der Waals surface area contributed by atoms with E-state index in [1.807, 2.05) is 0 Å². The summed E-state index contributed by atoms with van der Waals surface area (Å²) in [5, 5.41) is 9.96. The number of rotatable bonds is 4. The maximum atomic E-state index is 12.4. The van der Waals surface area contributed by atoms with Gasteiger partial charge in [-0.1, -0.05) is 34.1 Å². The van der Waals surface area contributed by atoms with Crippen LogP contribution in [0.25, 0.3) is 23.1 Å². The Morgan fingerprint density at radius 3 is 2.41 bits per heavy atom. The molecule has 1 N–H and O–H groups in total. The smallest absolute Gasteiger partial charge is 0.446 e. The van der Waals surface area contributed by atoms with Crippen molar-refractivity contribution in [2.75, 3.05) is 0 Å². The zero-order valence-electron chi connectivity index (χ0n) is 13.5. The van der Waals surface area contributed by atoms with Crippen LogP contribution in [0, 0.1) is 0 Å². The lowest BCUT2D eigenvalue weighted by atomic mass is 10.1. The van der Waals surface area contributed by atoms with Crippen LogP contribution in [0.4, 0.5) is 13.2 Å². The van der Waals surface area contributed by atoms with Gasteiger partial charge < -0.3 is 5.11 Å². The van der Waals surface area contributed by atoms with E-state index in [0.29, 0.717) is 22.2 Å². The summed E-state index contributed by atoms with van der Waals surface area (Å²) in [6.07, 6.45) is 3.29. The molecule has 0 saturated heterocycles. The molecule has 0 fully saturated rings. The zero-order valence-corrected chi connectivity index (χ0v) is 15.9. The van der Waals surface area contributed by atoms with E-state index in [4.69, 9.17) is 0 Å². The van der Waals surface area contributed by atoms with Crippen LogP contribution in [0.3, 0.4) is 0 Å². The van der Waals surface area contributed by atoms with Gasteiger partial charge in [-0.25, -0.2) is 9.78 Å². The lowest BCUT2D eigenvalue weighted by Crippen LogP contribution is -2.00. The number of nitrogens with zero attached hydrogens (tertiary/aromatic N) is 1. The number of aromatic carboxylic acids is 1. The van der Waals surface area contributed by atoms with Crippen molar-refractivity contribution in [3.05, 3.63) is 69.8 Å². The van der Waals surface area contributed by atoms with Crippen molar-refractivity contribution >= 4 is 56.7 Å². The Balaban J connectivity index is 1.90. The molecule has 0 bridgehead atoms. The monoisotopic (exact) mass is 453 g/mol. The molecular formula is C19H11BrF3NO2S. The third-order valence-corrected chi connectivity index (χ3v) is 4.81. The van der Waals surface area contributed by atoms with Crippen molar-refractivity contribution in [3.63, 3.8) is 0 Å². The number of alkyl halides is 3. The fraction of sp³-hybridized carbons (Fsp3) is 0.0526. The molecule has 138 valence electrons. The van der Waals surface area contributed by atoms with Gasteiger partial charge in [-0.15, -0.1) is 0 Å². The van der Waals surface area contributed by atoms with Crippen molar-refractivity contribution in [3.8, 4) is 0 Å². The first-order chi connectivity index (χ1) is 12.7. The minimum Gasteiger partial charge on any atom is -0.478 e. The van der Waals surface area contributed by atoms with Crippen molar-refractivity contribution in [2.45, 2.75) is 10.4 Å². The number of fused-ring (bicyclic) bond motifs is 1. The van der Waals surface area contributed by atoms with E-state index in [-0.39, 0.29) is 22.2 Å². The molecule has 0 aliphatic heterocycles. The van der Waals surface area contributed by atoms with Gasteiger partial charge in [0.15, 0.2) is 0 Å². The van der Waals surface area contributed by atoms with E-state index in [9.17, 15) is 23.1 Å². The predicted molar refractivity (Wildman–Crippen MR) is 104 cm³/mol. The number of carbonyl (C=O) groups is 1. The van der Waals surface area contributed by atoms with Gasteiger partial charge in [-0.3, -0.25) is 0 Å². The molecule has 0 spiro atoms. The molecule has 0 atom stereocenters. The summed E-state index contributed by atoms with van der Waals surface area (Å²) in [4.78, 5) is 16.1. The van der Waals surface area contributed by atoms with Crippen molar-refractivity contribution in [2.24, 2.45) is 0 Å². The second-order valence-electron chi connectivity index (χ2n) is 5.51. The van der Waals surface area contributed by atoms with Gasteiger partial charge in [-0.05, 0) is 59.8 Å². The summed E-state index contributed by atoms with van der Waals surface area (Å²) < 4.78 is 37.8. The average molecular weight is 454 g/mol. The summed E-state index contributed by atoms with van der Waals surface area (Å²) in [5.41, 5.74) is -2.55. The van der Waals surface area contributed by atoms with E-state index >= 15 is 0 Å². The van der Waals surface area contributed by atoms with E-state index in [2.05, 4.69) is 20.9 Å². The number of thioether (sulfide) groups is 1. The Morgan fingerprint density at radius 1 is 1.07 bits per heavy atom. The Labute approximate surface area is 165 Å². The number of carboxylic acid groups (broad SMARTS) is 1. The number of aromatic nitrogens is 1. The quantitative estimate of drug-likeness (QED) is 0.459. The average Bonchev–Trinajstić information content (AvgIpc) is 2.59. The van der Waals surface area contributed by atoms with Crippen LogP contribution >= 0.6 is 27.7 Å². The summed E-state index contributed by atoms with van der Waals surface area (Å²) in [6.45, 7) is 0. The van der Waals surface area contributed by atoms with Crippen LogP contribution < -0.4 is 0 Å². The maximum absolute atomic E-state index is 12.4. The normalized spacial score (nSPS) is 12.0. The van der Waals surface area contributed by atoms with E-state index in [1.54, 1.807) is 42.5 Å². The van der Waals surface area contributed by atoms with Gasteiger partial charge in [-0.2, -0.15) is 13.2 Å². The predicted octanol–water partition coefficient (Wildman–Crippen LogP) is 6.48. The standard InChI is InChI=1S/C19H11BrF3NO2S/c20-12-4-8-17-15(9-12)16(18(25)26)10-13(24-17)5-1-11-2-6-14(7-3-11)27-19(21,22)23/h1-10H,(H,25,26)/b5-1+. The number of hydrogen-bond acceptors (Lipinski definition) is 3. The maximum Gasteiger partial charge on any atom is 0.446 e. The van der Waals surface area contributed by atoms with Gasteiger partial charge in [0.1, 0.15) is 0 Å². The molecule has 1 aromatic heterocycles. The summed E-state index contributed by atoms with van der Waals surface area (Å²) >= 11 is 3.14. The highest BCUT2D eigenvalue weighted by atomic mass is 79.9. The molecule has 0 unspecified atom stereocenters. The number of carboxylic acids is 1. The van der Waals surface area contributed by atoms with Gasteiger partial charge >= 0.3 is 11.5 Å². The van der Waals surface area contributed by atoms with E-state index in [0.717, 1.165) is 4.47 Å². The lowest BCUT2D eigenvalue weighted by molar-refractivity contribution is -0.0328. The molecule has 0 amide bonds. The number of pyridine rings is 1. The Morgan fingerprint density at radius 2 is 1.78 bits per heavy atom. The second-order valence-corrected chi connectivity index (χ2v) is 7.57. The first-order valence-corrected chi connectivity index (χ1v) is 9.20. The fourth-order valence-electron chi connectivity index (χ4n) is 2.44. The summed E-state index contributed by atoms with van der Waals surface area (Å²) in [5.74, 6) is -1.07. The summed E-state index contributed by atoms with van der Waals surface area (Å²) in [7, 11) is 0. The van der Waals surface area contributed by atoms with Gasteiger partial charge in [0, 0.05) is 14.8 Å². The molecular weight excluding hydrogens is 443 g/mol. The third kappa shape index (κ3) is 5.11. The topological polar surface area (TPSA) is 50.2 Å². The molecule has 0 aliphatic carbocycles. The minimum absolute atomic E-state index is 0.0993. The van der Waals surface area contributed by atoms with E-state index < -0.39 is 11.5 Å². The van der Waals surface area contributed by atoms with Crippen LogP contribution in [0.2, 0.25) is 0 Å². The Bertz CT molecular complexity index is 1030. The zero-order chi connectivity index (χ0) is 19.6. The van der Waals surface area contributed by atoms with Gasteiger partial charge in [0.05, 0.1) is 16.8 Å². The second kappa shape index (κ2) is 7.74. The largest absolute Gasteiger partial charge is 0.478 e. The first kappa shape index (κ1) is 19.4. The number of hydrogen-bond donors (Lipinski definition) is 1. The minimum atomic E-state index is -4.32. The SMILES string of the molecule is O=C(O)c1cc(/C=C/c2ccc(SC(F)(F)F)cc2)nc2ccc(Br)cc12. The van der Waals surface area contributed by atoms with Crippen molar-refractivity contribution in [1.29, 1.82) is 0 Å². The molecule has 1 heterocycles. The van der Waals surface area contributed by atoms with Crippen LogP contribution in [0.5, 0.6) is 0 Å². The molecule has 0 saturated carbocycles. The Kier molecular flexibility index (Phi) is 5.57. The molecule has 2 aromatic carbocycles. The molecule has 27 heavy (non-hydrogen) atoms. The van der Waals surface area contributed by atoms with E-state index in [1.165, 1.54) is 18.2 Å². The van der Waals surface area contributed by atoms with Gasteiger partial charge in [0.2, 0.25) is 0 Å². The van der Waals surface area contributed by atoms with Crippen LogP contribution in [-0.2, 0) is 0 Å².